The summed E-state index contributed by atoms with van der Waals surface area (Å²) in [4.78, 5) is 7.12. The zero-order valence-electron chi connectivity index (χ0n) is 14.7. The van der Waals surface area contributed by atoms with Crippen LogP contribution < -0.4 is 4.90 Å². The average Bonchev–Trinajstić information content (AvgIpc) is 3.00. The smallest absolute Gasteiger partial charge is 0.246 e. The number of nitrogens with zero attached hydrogens (tertiary/aromatic N) is 4. The summed E-state index contributed by atoms with van der Waals surface area (Å²) in [7, 11) is 0. The molecule has 0 bridgehead atoms. The van der Waals surface area contributed by atoms with Gasteiger partial charge in [-0.25, -0.2) is 4.68 Å². The van der Waals surface area contributed by atoms with Crippen molar-refractivity contribution in [2.45, 2.75) is 39.8 Å². The van der Waals surface area contributed by atoms with Gasteiger partial charge in [-0.15, -0.1) is 5.10 Å². The standard InChI is InChI=1S/C20H24N4/c1-15(2)23(16(3)4)20-21-19(17-11-7-5-8-12-17)24(22-20)18-13-9-6-10-14-18/h5-16H,1-4H3. The largest absolute Gasteiger partial charge is 0.335 e. The number of anilines is 1. The van der Waals surface area contributed by atoms with Gasteiger partial charge in [0.2, 0.25) is 5.95 Å². The van der Waals surface area contributed by atoms with Gasteiger partial charge in [-0.3, -0.25) is 0 Å². The van der Waals surface area contributed by atoms with Crippen LogP contribution in [0, 0.1) is 0 Å². The second-order valence-corrected chi connectivity index (χ2v) is 6.44. The Morgan fingerprint density at radius 3 is 1.88 bits per heavy atom. The molecular weight excluding hydrogens is 296 g/mol. The van der Waals surface area contributed by atoms with Gasteiger partial charge in [0.1, 0.15) is 0 Å². The molecule has 0 saturated carbocycles. The molecule has 124 valence electrons. The summed E-state index contributed by atoms with van der Waals surface area (Å²) in [6.45, 7) is 8.69. The van der Waals surface area contributed by atoms with Crippen LogP contribution in [0.2, 0.25) is 0 Å². The van der Waals surface area contributed by atoms with Crippen molar-refractivity contribution in [2.24, 2.45) is 0 Å². The van der Waals surface area contributed by atoms with Crippen LogP contribution >= 0.6 is 0 Å². The fourth-order valence-corrected chi connectivity index (χ4v) is 2.99. The molecule has 0 amide bonds. The lowest BCUT2D eigenvalue weighted by atomic mass is 10.2. The molecule has 3 rings (SSSR count). The first-order chi connectivity index (χ1) is 11.6. The third kappa shape index (κ3) is 3.18. The monoisotopic (exact) mass is 320 g/mol. The molecule has 0 saturated heterocycles. The summed E-state index contributed by atoms with van der Waals surface area (Å²) in [5.74, 6) is 1.63. The number of hydrogen-bond donors (Lipinski definition) is 0. The maximum Gasteiger partial charge on any atom is 0.246 e. The minimum atomic E-state index is 0.334. The minimum Gasteiger partial charge on any atom is -0.335 e. The fraction of sp³-hybridized carbons (Fsp3) is 0.300. The number of rotatable bonds is 5. The van der Waals surface area contributed by atoms with Gasteiger partial charge >= 0.3 is 0 Å². The molecule has 0 N–H and O–H groups in total. The lowest BCUT2D eigenvalue weighted by molar-refractivity contribution is 0.590. The first-order valence-electron chi connectivity index (χ1n) is 8.44. The molecule has 1 heterocycles. The van der Waals surface area contributed by atoms with Gasteiger partial charge in [-0.2, -0.15) is 4.98 Å². The van der Waals surface area contributed by atoms with Crippen LogP contribution in [0.1, 0.15) is 27.7 Å². The third-order valence-electron chi connectivity index (χ3n) is 3.97. The molecule has 0 atom stereocenters. The molecule has 0 fully saturated rings. The zero-order chi connectivity index (χ0) is 17.1. The number of aromatic nitrogens is 3. The minimum absolute atomic E-state index is 0.334. The topological polar surface area (TPSA) is 34.0 Å². The van der Waals surface area contributed by atoms with Crippen LogP contribution in [0.5, 0.6) is 0 Å². The molecule has 0 aliphatic carbocycles. The van der Waals surface area contributed by atoms with E-state index in [1.54, 1.807) is 0 Å². The molecule has 0 spiro atoms. The Balaban J connectivity index is 2.16. The van der Waals surface area contributed by atoms with Crippen molar-refractivity contribution in [3.8, 4) is 17.1 Å². The Morgan fingerprint density at radius 1 is 0.792 bits per heavy atom. The van der Waals surface area contributed by atoms with E-state index in [-0.39, 0.29) is 0 Å². The molecule has 0 unspecified atom stereocenters. The van der Waals surface area contributed by atoms with E-state index in [2.05, 4.69) is 56.9 Å². The normalized spacial score (nSPS) is 11.2. The highest BCUT2D eigenvalue weighted by Gasteiger charge is 2.22. The highest BCUT2D eigenvalue weighted by Crippen LogP contribution is 2.25. The first kappa shape index (κ1) is 16.2. The molecule has 0 radical (unpaired) electrons. The molecule has 1 aromatic heterocycles. The van der Waals surface area contributed by atoms with Crippen LogP contribution in [0.4, 0.5) is 5.95 Å². The van der Waals surface area contributed by atoms with E-state index in [4.69, 9.17) is 10.1 Å². The second-order valence-electron chi connectivity index (χ2n) is 6.44. The lowest BCUT2D eigenvalue weighted by Crippen LogP contribution is -2.37. The highest BCUT2D eigenvalue weighted by atomic mass is 15.4. The number of para-hydroxylation sites is 1. The van der Waals surface area contributed by atoms with Crippen LogP contribution in [0.3, 0.4) is 0 Å². The van der Waals surface area contributed by atoms with E-state index in [9.17, 15) is 0 Å². The highest BCUT2D eigenvalue weighted by molar-refractivity contribution is 5.60. The van der Waals surface area contributed by atoms with Crippen LogP contribution in [-0.2, 0) is 0 Å². The number of benzene rings is 2. The van der Waals surface area contributed by atoms with Gasteiger partial charge in [0.15, 0.2) is 5.82 Å². The van der Waals surface area contributed by atoms with Crippen molar-refractivity contribution < 1.29 is 0 Å². The lowest BCUT2D eigenvalue weighted by Gasteiger charge is -2.29. The van der Waals surface area contributed by atoms with Gasteiger partial charge in [-0.1, -0.05) is 48.5 Å². The van der Waals surface area contributed by atoms with Gasteiger partial charge in [0.05, 0.1) is 5.69 Å². The van der Waals surface area contributed by atoms with Gasteiger partial charge in [0, 0.05) is 17.6 Å². The molecule has 3 aromatic rings. The Kier molecular flexibility index (Phi) is 4.65. The molecule has 0 aliphatic rings. The summed E-state index contributed by atoms with van der Waals surface area (Å²) in [5.41, 5.74) is 2.08. The predicted octanol–water partition coefficient (Wildman–Crippen LogP) is 4.56. The van der Waals surface area contributed by atoms with E-state index in [1.807, 2.05) is 41.1 Å². The van der Waals surface area contributed by atoms with Crippen LogP contribution in [0.15, 0.2) is 60.7 Å². The van der Waals surface area contributed by atoms with Gasteiger partial charge in [-0.05, 0) is 39.8 Å². The molecular formula is C20H24N4. The predicted molar refractivity (Wildman–Crippen MR) is 99.5 cm³/mol. The Hall–Kier alpha value is -2.62. The Bertz CT molecular complexity index is 711. The molecule has 0 aliphatic heterocycles. The maximum absolute atomic E-state index is 4.88. The number of hydrogen-bond acceptors (Lipinski definition) is 3. The molecule has 24 heavy (non-hydrogen) atoms. The van der Waals surface area contributed by atoms with Gasteiger partial charge in [0.25, 0.3) is 0 Å². The third-order valence-corrected chi connectivity index (χ3v) is 3.97. The van der Waals surface area contributed by atoms with E-state index in [1.165, 1.54) is 0 Å². The summed E-state index contributed by atoms with van der Waals surface area (Å²) in [5, 5.41) is 4.83. The van der Waals surface area contributed by atoms with Crippen molar-refractivity contribution in [1.29, 1.82) is 0 Å². The summed E-state index contributed by atoms with van der Waals surface area (Å²) in [6, 6.07) is 21.1. The van der Waals surface area contributed by atoms with Crippen LogP contribution in [-0.4, -0.2) is 26.8 Å². The second kappa shape index (κ2) is 6.87. The van der Waals surface area contributed by atoms with E-state index in [0.29, 0.717) is 12.1 Å². The van der Waals surface area contributed by atoms with Crippen molar-refractivity contribution in [3.05, 3.63) is 60.7 Å². The van der Waals surface area contributed by atoms with Gasteiger partial charge < -0.3 is 4.90 Å². The molecule has 4 heteroatoms. The van der Waals surface area contributed by atoms with Crippen molar-refractivity contribution in [2.75, 3.05) is 4.90 Å². The maximum atomic E-state index is 4.88. The fourth-order valence-electron chi connectivity index (χ4n) is 2.99. The van der Waals surface area contributed by atoms with Crippen LogP contribution in [0.25, 0.3) is 17.1 Å². The van der Waals surface area contributed by atoms with Crippen molar-refractivity contribution in [1.82, 2.24) is 14.8 Å². The van der Waals surface area contributed by atoms with Crippen molar-refractivity contribution in [3.63, 3.8) is 0 Å². The SMILES string of the molecule is CC(C)N(c1nc(-c2ccccc2)n(-c2ccccc2)n1)C(C)C. The summed E-state index contributed by atoms with van der Waals surface area (Å²) >= 11 is 0. The van der Waals surface area contributed by atoms with E-state index in [0.717, 1.165) is 23.0 Å². The quantitative estimate of drug-likeness (QED) is 0.691. The van der Waals surface area contributed by atoms with E-state index >= 15 is 0 Å². The van der Waals surface area contributed by atoms with Crippen molar-refractivity contribution >= 4 is 5.95 Å². The first-order valence-corrected chi connectivity index (χ1v) is 8.44. The Labute approximate surface area is 143 Å². The molecule has 4 nitrogen and oxygen atoms in total. The molecule has 2 aromatic carbocycles. The zero-order valence-corrected chi connectivity index (χ0v) is 14.7. The average molecular weight is 320 g/mol. The summed E-state index contributed by atoms with van der Waals surface area (Å²) < 4.78 is 1.93. The summed E-state index contributed by atoms with van der Waals surface area (Å²) in [6.07, 6.45) is 0. The Morgan fingerprint density at radius 2 is 1.33 bits per heavy atom. The van der Waals surface area contributed by atoms with E-state index < -0.39 is 0 Å².